The Kier molecular flexibility index (Phi) is 5.63. The van der Waals surface area contributed by atoms with E-state index in [2.05, 4.69) is 5.32 Å². The molecule has 0 aliphatic rings. The number of benzene rings is 2. The lowest BCUT2D eigenvalue weighted by atomic mass is 10.1. The van der Waals surface area contributed by atoms with Crippen LogP contribution in [-0.2, 0) is 11.3 Å². The molecule has 0 bridgehead atoms. The van der Waals surface area contributed by atoms with E-state index in [0.717, 1.165) is 15.7 Å². The minimum Gasteiger partial charge on any atom is -0.325 e. The van der Waals surface area contributed by atoms with Gasteiger partial charge in [-0.3, -0.25) is 19.0 Å². The summed E-state index contributed by atoms with van der Waals surface area (Å²) < 4.78 is 2.83. The highest BCUT2D eigenvalue weighted by Crippen LogP contribution is 2.19. The van der Waals surface area contributed by atoms with Gasteiger partial charge in [0.25, 0.3) is 5.56 Å². The largest absolute Gasteiger partial charge is 0.336 e. The second-order valence-electron chi connectivity index (χ2n) is 7.55. The molecule has 2 aromatic carbocycles. The summed E-state index contributed by atoms with van der Waals surface area (Å²) in [5.74, 6) is -0.552. The van der Waals surface area contributed by atoms with Gasteiger partial charge < -0.3 is 5.32 Å². The van der Waals surface area contributed by atoms with Crippen LogP contribution in [0.4, 0.5) is 5.69 Å². The van der Waals surface area contributed by atoms with Crippen molar-refractivity contribution in [3.05, 3.63) is 91.4 Å². The molecule has 0 spiro atoms. The van der Waals surface area contributed by atoms with E-state index in [1.807, 2.05) is 19.9 Å². The van der Waals surface area contributed by atoms with Crippen LogP contribution < -0.4 is 16.6 Å². The van der Waals surface area contributed by atoms with Crippen LogP contribution in [0.3, 0.4) is 0 Å². The lowest BCUT2D eigenvalue weighted by Gasteiger charge is -2.15. The fourth-order valence-corrected chi connectivity index (χ4v) is 4.41. The minimum atomic E-state index is -0.581. The summed E-state index contributed by atoms with van der Waals surface area (Å²) in [5.41, 5.74) is 2.64. The number of hydrogen-bond donors (Lipinski definition) is 1. The van der Waals surface area contributed by atoms with Crippen LogP contribution in [0.5, 0.6) is 0 Å². The number of nitrogens with one attached hydrogen (secondary N) is 1. The number of amides is 1. The van der Waals surface area contributed by atoms with E-state index in [4.69, 9.17) is 0 Å². The number of carbonyl (C=O) groups is 2. The second-order valence-corrected chi connectivity index (χ2v) is 8.46. The molecule has 8 heteroatoms. The molecule has 0 aliphatic carbocycles. The van der Waals surface area contributed by atoms with Gasteiger partial charge in [0.05, 0.1) is 11.2 Å². The molecule has 0 saturated carbocycles. The molecule has 162 valence electrons. The van der Waals surface area contributed by atoms with Gasteiger partial charge in [-0.2, -0.15) is 0 Å². The molecule has 0 unspecified atom stereocenters. The van der Waals surface area contributed by atoms with Gasteiger partial charge in [-0.05, 0) is 61.5 Å². The molecule has 0 fully saturated rings. The molecule has 0 atom stereocenters. The molecule has 2 heterocycles. The third-order valence-corrected chi connectivity index (χ3v) is 6.32. The van der Waals surface area contributed by atoms with Crippen LogP contribution in [0, 0.1) is 13.8 Å². The van der Waals surface area contributed by atoms with Crippen molar-refractivity contribution >= 4 is 38.9 Å². The SMILES string of the molecule is CC(=O)c1cccc(NC(=O)Cn2c(=O)n(-c3cccc(C)c3C)c(=O)c3sccc32)c1. The number of hydrogen-bond acceptors (Lipinski definition) is 5. The molecule has 4 rings (SSSR count). The van der Waals surface area contributed by atoms with E-state index in [9.17, 15) is 19.2 Å². The van der Waals surface area contributed by atoms with Crippen molar-refractivity contribution in [2.45, 2.75) is 27.3 Å². The van der Waals surface area contributed by atoms with Crippen LogP contribution in [-0.4, -0.2) is 20.8 Å². The van der Waals surface area contributed by atoms with Crippen LogP contribution in [0.15, 0.2) is 63.5 Å². The number of fused-ring (bicyclic) bond motifs is 1. The number of anilines is 1. The van der Waals surface area contributed by atoms with E-state index < -0.39 is 17.2 Å². The van der Waals surface area contributed by atoms with Crippen LogP contribution >= 0.6 is 11.3 Å². The summed E-state index contributed by atoms with van der Waals surface area (Å²) >= 11 is 1.23. The van der Waals surface area contributed by atoms with Gasteiger partial charge in [-0.15, -0.1) is 11.3 Å². The summed E-state index contributed by atoms with van der Waals surface area (Å²) in [7, 11) is 0. The quantitative estimate of drug-likeness (QED) is 0.473. The van der Waals surface area contributed by atoms with Crippen molar-refractivity contribution in [2.75, 3.05) is 5.32 Å². The van der Waals surface area contributed by atoms with Crippen LogP contribution in [0.2, 0.25) is 0 Å². The first kappa shape index (κ1) is 21.5. The maximum absolute atomic E-state index is 13.4. The fraction of sp³-hybridized carbons (Fsp3) is 0.167. The van der Waals surface area contributed by atoms with E-state index >= 15 is 0 Å². The van der Waals surface area contributed by atoms with Gasteiger partial charge in [-0.25, -0.2) is 9.36 Å². The topological polar surface area (TPSA) is 90.2 Å². The monoisotopic (exact) mass is 447 g/mol. The van der Waals surface area contributed by atoms with Crippen molar-refractivity contribution < 1.29 is 9.59 Å². The lowest BCUT2D eigenvalue weighted by molar-refractivity contribution is -0.116. The Morgan fingerprint density at radius 2 is 1.78 bits per heavy atom. The molecule has 0 saturated heterocycles. The van der Waals surface area contributed by atoms with Gasteiger partial charge in [0.15, 0.2) is 5.78 Å². The summed E-state index contributed by atoms with van der Waals surface area (Å²) in [4.78, 5) is 50.9. The maximum atomic E-state index is 13.4. The molecule has 0 radical (unpaired) electrons. The first-order valence-corrected chi connectivity index (χ1v) is 10.9. The molecular formula is C24H21N3O4S. The van der Waals surface area contributed by atoms with E-state index in [-0.39, 0.29) is 12.3 Å². The number of nitrogens with zero attached hydrogens (tertiary/aromatic N) is 2. The predicted octanol–water partition coefficient (Wildman–Crippen LogP) is 3.67. The van der Waals surface area contributed by atoms with E-state index in [0.29, 0.717) is 27.2 Å². The zero-order chi connectivity index (χ0) is 23.0. The molecule has 1 N–H and O–H groups in total. The van der Waals surface area contributed by atoms with Crippen LogP contribution in [0.1, 0.15) is 28.4 Å². The summed E-state index contributed by atoms with van der Waals surface area (Å²) in [5, 5.41) is 4.46. The number of ketones is 1. The van der Waals surface area contributed by atoms with Gasteiger partial charge in [0.2, 0.25) is 5.91 Å². The Bertz CT molecular complexity index is 1490. The Labute approximate surface area is 187 Å². The summed E-state index contributed by atoms with van der Waals surface area (Å²) in [6.45, 7) is 4.94. The van der Waals surface area contributed by atoms with Gasteiger partial charge >= 0.3 is 5.69 Å². The molecule has 7 nitrogen and oxygen atoms in total. The summed E-state index contributed by atoms with van der Waals surface area (Å²) in [6.07, 6.45) is 0. The lowest BCUT2D eigenvalue weighted by Crippen LogP contribution is -2.40. The number of rotatable bonds is 5. The standard InChI is InChI=1S/C24H21N3O4S/c1-14-6-4-9-19(15(14)2)27-23(30)22-20(10-11-32-22)26(24(27)31)13-21(29)25-18-8-5-7-17(12-18)16(3)28/h4-12H,13H2,1-3H3,(H,25,29). The first-order chi connectivity index (χ1) is 15.3. The number of thiophene rings is 1. The number of carbonyl (C=O) groups excluding carboxylic acids is 2. The Balaban J connectivity index is 1.79. The Morgan fingerprint density at radius 1 is 1.03 bits per heavy atom. The van der Waals surface area contributed by atoms with Gasteiger partial charge in [0.1, 0.15) is 11.2 Å². The molecule has 2 aromatic heterocycles. The average Bonchev–Trinajstić information content (AvgIpc) is 3.24. The van der Waals surface area contributed by atoms with Crippen molar-refractivity contribution in [3.8, 4) is 5.69 Å². The Hall–Kier alpha value is -3.78. The zero-order valence-electron chi connectivity index (χ0n) is 17.8. The normalized spacial score (nSPS) is 11.0. The van der Waals surface area contributed by atoms with Crippen molar-refractivity contribution in [1.82, 2.24) is 9.13 Å². The summed E-state index contributed by atoms with van der Waals surface area (Å²) in [6, 6.07) is 13.7. The fourth-order valence-electron chi connectivity index (χ4n) is 3.59. The third kappa shape index (κ3) is 3.80. The smallest absolute Gasteiger partial charge is 0.325 e. The second kappa shape index (κ2) is 8.39. The molecule has 0 aliphatic heterocycles. The van der Waals surface area contributed by atoms with Gasteiger partial charge in [0, 0.05) is 11.3 Å². The number of aryl methyl sites for hydroxylation is 1. The zero-order valence-corrected chi connectivity index (χ0v) is 18.7. The van der Waals surface area contributed by atoms with Crippen molar-refractivity contribution in [2.24, 2.45) is 0 Å². The molecule has 1 amide bonds. The van der Waals surface area contributed by atoms with E-state index in [1.165, 1.54) is 22.8 Å². The minimum absolute atomic E-state index is 0.113. The molecule has 32 heavy (non-hydrogen) atoms. The van der Waals surface area contributed by atoms with Crippen molar-refractivity contribution in [1.29, 1.82) is 0 Å². The highest BCUT2D eigenvalue weighted by Gasteiger charge is 2.19. The van der Waals surface area contributed by atoms with Crippen LogP contribution in [0.25, 0.3) is 15.9 Å². The van der Waals surface area contributed by atoms with Crippen molar-refractivity contribution in [3.63, 3.8) is 0 Å². The highest BCUT2D eigenvalue weighted by atomic mass is 32.1. The maximum Gasteiger partial charge on any atom is 0.336 e. The number of Topliss-reactive ketones (excluding diaryl/α,β-unsaturated/α-hetero) is 1. The Morgan fingerprint density at radius 3 is 2.53 bits per heavy atom. The van der Waals surface area contributed by atoms with Gasteiger partial charge in [-0.1, -0.05) is 24.3 Å². The first-order valence-electron chi connectivity index (χ1n) is 9.98. The van der Waals surface area contributed by atoms with E-state index in [1.54, 1.807) is 47.8 Å². The molecule has 4 aromatic rings. The average molecular weight is 448 g/mol. The molecular weight excluding hydrogens is 426 g/mol. The highest BCUT2D eigenvalue weighted by molar-refractivity contribution is 7.17. The number of aromatic nitrogens is 2. The predicted molar refractivity (Wildman–Crippen MR) is 126 cm³/mol. The third-order valence-electron chi connectivity index (χ3n) is 5.43.